The van der Waals surface area contributed by atoms with Crippen molar-refractivity contribution in [2.45, 2.75) is 39.2 Å². The number of methoxy groups -OCH3 is 1. The van der Waals surface area contributed by atoms with Gasteiger partial charge in [-0.05, 0) is 51.7 Å². The van der Waals surface area contributed by atoms with Crippen molar-refractivity contribution in [3.63, 3.8) is 0 Å². The minimum Gasteiger partial charge on any atom is -0.385 e. The third kappa shape index (κ3) is 6.20. The van der Waals surface area contributed by atoms with Crippen molar-refractivity contribution in [3.8, 4) is 0 Å². The van der Waals surface area contributed by atoms with Crippen molar-refractivity contribution in [1.82, 2.24) is 15.5 Å². The molecule has 20 heavy (non-hydrogen) atoms. The summed E-state index contributed by atoms with van der Waals surface area (Å²) in [6.07, 6.45) is 3.39. The van der Waals surface area contributed by atoms with Crippen LogP contribution in [-0.2, 0) is 9.53 Å². The summed E-state index contributed by atoms with van der Waals surface area (Å²) >= 11 is 0. The van der Waals surface area contributed by atoms with Crippen LogP contribution < -0.4 is 10.6 Å². The van der Waals surface area contributed by atoms with Crippen LogP contribution in [0.5, 0.6) is 0 Å². The van der Waals surface area contributed by atoms with Crippen LogP contribution in [0.3, 0.4) is 0 Å². The number of carbonyl (C=O) groups excluding carboxylic acids is 1. The average Bonchev–Trinajstić information content (AvgIpc) is 2.49. The highest BCUT2D eigenvalue weighted by Crippen LogP contribution is 2.13. The molecule has 1 aliphatic rings. The third-order valence-corrected chi connectivity index (χ3v) is 4.05. The average molecular weight is 285 g/mol. The lowest BCUT2D eigenvalue weighted by atomic mass is 9.98. The number of hydrogen-bond donors (Lipinski definition) is 2. The van der Waals surface area contributed by atoms with E-state index in [9.17, 15) is 4.79 Å². The summed E-state index contributed by atoms with van der Waals surface area (Å²) < 4.78 is 4.98. The second kappa shape index (κ2) is 10.1. The van der Waals surface area contributed by atoms with Gasteiger partial charge in [-0.25, -0.2) is 0 Å². The van der Waals surface area contributed by atoms with E-state index in [0.717, 1.165) is 32.6 Å². The fourth-order valence-electron chi connectivity index (χ4n) is 2.71. The number of nitrogens with zero attached hydrogens (tertiary/aromatic N) is 1. The Kier molecular flexibility index (Phi) is 8.82. The number of piperidine rings is 1. The topological polar surface area (TPSA) is 53.6 Å². The van der Waals surface area contributed by atoms with Crippen molar-refractivity contribution in [3.05, 3.63) is 0 Å². The maximum absolute atomic E-state index is 12.1. The molecule has 5 heteroatoms. The summed E-state index contributed by atoms with van der Waals surface area (Å²) in [5.74, 6) is 0.805. The fraction of sp³-hybridized carbons (Fsp3) is 0.933. The summed E-state index contributed by atoms with van der Waals surface area (Å²) in [5, 5.41) is 6.43. The van der Waals surface area contributed by atoms with Gasteiger partial charge in [0.25, 0.3) is 0 Å². The van der Waals surface area contributed by atoms with Crippen LogP contribution in [0.4, 0.5) is 0 Å². The van der Waals surface area contributed by atoms with Crippen LogP contribution in [-0.4, -0.2) is 63.3 Å². The molecule has 2 atom stereocenters. The molecule has 1 fully saturated rings. The van der Waals surface area contributed by atoms with E-state index in [0.29, 0.717) is 19.1 Å². The molecule has 0 aromatic heterocycles. The van der Waals surface area contributed by atoms with Gasteiger partial charge in [-0.3, -0.25) is 9.69 Å². The van der Waals surface area contributed by atoms with Gasteiger partial charge in [0.2, 0.25) is 5.91 Å². The summed E-state index contributed by atoms with van der Waals surface area (Å²) in [6, 6.07) is -0.0514. The highest BCUT2D eigenvalue weighted by molar-refractivity contribution is 5.81. The van der Waals surface area contributed by atoms with Crippen LogP contribution >= 0.6 is 0 Å². The van der Waals surface area contributed by atoms with Gasteiger partial charge >= 0.3 is 0 Å². The highest BCUT2D eigenvalue weighted by Gasteiger charge is 2.23. The fourth-order valence-corrected chi connectivity index (χ4v) is 2.71. The molecule has 0 aliphatic carbocycles. The van der Waals surface area contributed by atoms with Gasteiger partial charge in [0.15, 0.2) is 0 Å². The molecule has 118 valence electrons. The molecule has 1 rings (SSSR count). The van der Waals surface area contributed by atoms with E-state index in [-0.39, 0.29) is 11.9 Å². The molecule has 0 bridgehead atoms. The van der Waals surface area contributed by atoms with Gasteiger partial charge in [-0.15, -0.1) is 0 Å². The second-order valence-electron chi connectivity index (χ2n) is 5.61. The lowest BCUT2D eigenvalue weighted by Gasteiger charge is -2.32. The van der Waals surface area contributed by atoms with E-state index in [1.165, 1.54) is 12.8 Å². The van der Waals surface area contributed by atoms with Gasteiger partial charge in [0, 0.05) is 26.8 Å². The van der Waals surface area contributed by atoms with Crippen LogP contribution in [0, 0.1) is 5.92 Å². The zero-order valence-corrected chi connectivity index (χ0v) is 13.3. The molecule has 1 aliphatic heterocycles. The van der Waals surface area contributed by atoms with Crippen LogP contribution in [0.2, 0.25) is 0 Å². The second-order valence-corrected chi connectivity index (χ2v) is 5.61. The van der Waals surface area contributed by atoms with Crippen molar-refractivity contribution in [2.24, 2.45) is 5.92 Å². The Labute approximate surface area is 123 Å². The van der Waals surface area contributed by atoms with E-state index in [4.69, 9.17) is 4.74 Å². The number of amides is 1. The first-order chi connectivity index (χ1) is 9.69. The Balaban J connectivity index is 2.32. The van der Waals surface area contributed by atoms with Gasteiger partial charge in [-0.1, -0.05) is 6.92 Å². The molecule has 0 radical (unpaired) electrons. The van der Waals surface area contributed by atoms with Crippen LogP contribution in [0.1, 0.15) is 33.1 Å². The quantitative estimate of drug-likeness (QED) is 0.617. The smallest absolute Gasteiger partial charge is 0.237 e. The minimum absolute atomic E-state index is 0.0514. The maximum Gasteiger partial charge on any atom is 0.237 e. The molecule has 5 nitrogen and oxygen atoms in total. The molecule has 0 aromatic rings. The Morgan fingerprint density at radius 1 is 1.55 bits per heavy atom. The number of nitrogens with one attached hydrogen (secondary N) is 2. The molecular weight excluding hydrogens is 254 g/mol. The van der Waals surface area contributed by atoms with E-state index >= 15 is 0 Å². The van der Waals surface area contributed by atoms with Crippen molar-refractivity contribution >= 4 is 5.91 Å². The number of ether oxygens (including phenoxy) is 1. The normalized spacial score (nSPS) is 20.9. The summed E-state index contributed by atoms with van der Waals surface area (Å²) in [4.78, 5) is 14.4. The summed E-state index contributed by atoms with van der Waals surface area (Å²) in [6.45, 7) is 9.67. The molecule has 1 heterocycles. The SMILES string of the molecule is CCN(CC1CCCNC1)C(C)C(=O)NCCCOC. The Morgan fingerprint density at radius 2 is 2.35 bits per heavy atom. The lowest BCUT2D eigenvalue weighted by molar-refractivity contribution is -0.126. The lowest BCUT2D eigenvalue weighted by Crippen LogP contribution is -2.48. The predicted molar refractivity (Wildman–Crippen MR) is 81.8 cm³/mol. The zero-order chi connectivity index (χ0) is 14.8. The first-order valence-corrected chi connectivity index (χ1v) is 7.90. The van der Waals surface area contributed by atoms with Crippen molar-refractivity contribution in [1.29, 1.82) is 0 Å². The first kappa shape index (κ1) is 17.4. The van der Waals surface area contributed by atoms with E-state index in [2.05, 4.69) is 22.5 Å². The molecule has 0 aromatic carbocycles. The van der Waals surface area contributed by atoms with Gasteiger partial charge in [0.05, 0.1) is 6.04 Å². The van der Waals surface area contributed by atoms with E-state index in [1.807, 2.05) is 6.92 Å². The zero-order valence-electron chi connectivity index (χ0n) is 13.3. The number of hydrogen-bond acceptors (Lipinski definition) is 4. The third-order valence-electron chi connectivity index (χ3n) is 4.05. The molecule has 2 unspecified atom stereocenters. The molecule has 1 saturated heterocycles. The standard InChI is InChI=1S/C15H31N3O2/c1-4-18(12-14-7-5-8-16-11-14)13(2)15(19)17-9-6-10-20-3/h13-14,16H,4-12H2,1-3H3,(H,17,19). The van der Waals surface area contributed by atoms with Gasteiger partial charge < -0.3 is 15.4 Å². The Hall–Kier alpha value is -0.650. The summed E-state index contributed by atoms with van der Waals surface area (Å²) in [7, 11) is 1.68. The van der Waals surface area contributed by atoms with Crippen molar-refractivity contribution < 1.29 is 9.53 Å². The molecule has 0 saturated carbocycles. The first-order valence-electron chi connectivity index (χ1n) is 7.90. The molecule has 1 amide bonds. The Morgan fingerprint density at radius 3 is 2.95 bits per heavy atom. The molecule has 2 N–H and O–H groups in total. The summed E-state index contributed by atoms with van der Waals surface area (Å²) in [5.41, 5.74) is 0. The van der Waals surface area contributed by atoms with E-state index in [1.54, 1.807) is 7.11 Å². The largest absolute Gasteiger partial charge is 0.385 e. The van der Waals surface area contributed by atoms with Gasteiger partial charge in [0.1, 0.15) is 0 Å². The monoisotopic (exact) mass is 285 g/mol. The highest BCUT2D eigenvalue weighted by atomic mass is 16.5. The maximum atomic E-state index is 12.1. The van der Waals surface area contributed by atoms with Gasteiger partial charge in [-0.2, -0.15) is 0 Å². The van der Waals surface area contributed by atoms with Crippen molar-refractivity contribution in [2.75, 3.05) is 46.4 Å². The minimum atomic E-state index is -0.0514. The Bertz CT molecular complexity index is 268. The number of rotatable bonds is 9. The number of likely N-dealkylation sites (N-methyl/N-ethyl adjacent to an activating group) is 1. The van der Waals surface area contributed by atoms with Crippen LogP contribution in [0.15, 0.2) is 0 Å². The van der Waals surface area contributed by atoms with E-state index < -0.39 is 0 Å². The molecule has 0 spiro atoms. The number of carbonyl (C=O) groups is 1. The predicted octanol–water partition coefficient (Wildman–Crippen LogP) is 0.849. The van der Waals surface area contributed by atoms with Crippen LogP contribution in [0.25, 0.3) is 0 Å². The molecular formula is C15H31N3O2.